The zero-order valence-corrected chi connectivity index (χ0v) is 12.6. The van der Waals surface area contributed by atoms with Gasteiger partial charge in [0.15, 0.2) is 11.6 Å². The second-order valence-electron chi connectivity index (χ2n) is 5.13. The molecule has 0 saturated carbocycles. The molecule has 0 fully saturated rings. The van der Waals surface area contributed by atoms with Crippen LogP contribution in [0.15, 0.2) is 36.7 Å². The van der Waals surface area contributed by atoms with E-state index in [1.807, 2.05) is 38.1 Å². The molecule has 0 bridgehead atoms. The Morgan fingerprint density at radius 2 is 1.76 bits per heavy atom. The lowest BCUT2D eigenvalue weighted by Crippen LogP contribution is -2.07. The molecule has 1 heterocycles. The average molecular weight is 288 g/mol. The summed E-state index contributed by atoms with van der Waals surface area (Å²) in [4.78, 5) is 8.57. The fourth-order valence-electron chi connectivity index (χ4n) is 2.00. The van der Waals surface area contributed by atoms with Gasteiger partial charge in [-0.3, -0.25) is 0 Å². The van der Waals surface area contributed by atoms with E-state index in [1.165, 1.54) is 5.56 Å². The summed E-state index contributed by atoms with van der Waals surface area (Å²) in [5.41, 5.74) is 2.17. The summed E-state index contributed by atoms with van der Waals surface area (Å²) in [6.07, 6.45) is 4.34. The van der Waals surface area contributed by atoms with Gasteiger partial charge in [-0.1, -0.05) is 43.2 Å². The molecule has 0 spiro atoms. The molecular formula is C17H21FN2O. The lowest BCUT2D eigenvalue weighted by Gasteiger charge is -2.08. The number of ether oxygens (including phenoxy) is 1. The van der Waals surface area contributed by atoms with Crippen molar-refractivity contribution in [1.29, 1.82) is 0 Å². The number of benzene rings is 1. The third-order valence-electron chi connectivity index (χ3n) is 3.24. The van der Waals surface area contributed by atoms with Crippen molar-refractivity contribution in [3.63, 3.8) is 0 Å². The Morgan fingerprint density at radius 1 is 1.10 bits per heavy atom. The van der Waals surface area contributed by atoms with E-state index < -0.39 is 6.17 Å². The van der Waals surface area contributed by atoms with Gasteiger partial charge in [0.2, 0.25) is 0 Å². The normalized spacial score (nSPS) is 12.1. The van der Waals surface area contributed by atoms with Gasteiger partial charge in [0.05, 0.1) is 19.0 Å². The van der Waals surface area contributed by atoms with Gasteiger partial charge in [-0.25, -0.2) is 14.4 Å². The van der Waals surface area contributed by atoms with E-state index in [0.29, 0.717) is 31.0 Å². The molecule has 0 amide bonds. The molecule has 0 aliphatic heterocycles. The molecule has 3 nitrogen and oxygen atoms in total. The summed E-state index contributed by atoms with van der Waals surface area (Å²) in [7, 11) is 0. The van der Waals surface area contributed by atoms with Crippen molar-refractivity contribution < 1.29 is 9.13 Å². The number of hydrogen-bond donors (Lipinski definition) is 0. The molecule has 0 aliphatic carbocycles. The number of nitrogens with zero attached hydrogens (tertiary/aromatic N) is 2. The third-order valence-corrected chi connectivity index (χ3v) is 3.24. The maximum absolute atomic E-state index is 13.3. The minimum absolute atomic E-state index is 0.356. The molecule has 0 unspecified atom stereocenters. The fourth-order valence-corrected chi connectivity index (χ4v) is 2.00. The quantitative estimate of drug-likeness (QED) is 0.759. The summed E-state index contributed by atoms with van der Waals surface area (Å²) in [6.45, 7) is 4.37. The lowest BCUT2D eigenvalue weighted by atomic mass is 10.1. The summed E-state index contributed by atoms with van der Waals surface area (Å²) in [6, 6.07) is 8.03. The van der Waals surface area contributed by atoms with Gasteiger partial charge in [0, 0.05) is 12.0 Å². The number of alkyl halides is 1. The van der Waals surface area contributed by atoms with Gasteiger partial charge in [0.1, 0.15) is 6.17 Å². The van der Waals surface area contributed by atoms with E-state index in [1.54, 1.807) is 12.4 Å². The molecule has 0 aliphatic rings. The molecular weight excluding hydrogens is 267 g/mol. The minimum atomic E-state index is -0.789. The topological polar surface area (TPSA) is 35.0 Å². The number of aryl methyl sites for hydroxylation is 1. The fraction of sp³-hybridized carbons (Fsp3) is 0.412. The van der Waals surface area contributed by atoms with Crippen molar-refractivity contribution in [2.45, 2.75) is 39.3 Å². The number of hydrogen-bond acceptors (Lipinski definition) is 3. The Morgan fingerprint density at radius 3 is 2.38 bits per heavy atom. The maximum atomic E-state index is 13.3. The third kappa shape index (κ3) is 4.81. The molecule has 2 aromatic rings. The van der Waals surface area contributed by atoms with Crippen LogP contribution in [-0.4, -0.2) is 22.7 Å². The molecule has 0 radical (unpaired) electrons. The minimum Gasteiger partial charge on any atom is -0.490 e. The summed E-state index contributed by atoms with van der Waals surface area (Å²) in [5, 5.41) is 0. The lowest BCUT2D eigenvalue weighted by molar-refractivity contribution is 0.224. The van der Waals surface area contributed by atoms with Crippen LogP contribution in [0.4, 0.5) is 4.39 Å². The van der Waals surface area contributed by atoms with Gasteiger partial charge in [-0.15, -0.1) is 0 Å². The highest BCUT2D eigenvalue weighted by Gasteiger charge is 2.06. The Bertz CT molecular complexity index is 540. The van der Waals surface area contributed by atoms with E-state index in [0.717, 1.165) is 12.0 Å². The highest BCUT2D eigenvalue weighted by atomic mass is 19.1. The first-order chi connectivity index (χ1) is 10.2. The largest absolute Gasteiger partial charge is 0.490 e. The smallest absolute Gasteiger partial charge is 0.159 e. The summed E-state index contributed by atoms with van der Waals surface area (Å²) < 4.78 is 18.8. The zero-order valence-electron chi connectivity index (χ0n) is 12.6. The van der Waals surface area contributed by atoms with Crippen molar-refractivity contribution in [1.82, 2.24) is 9.97 Å². The second kappa shape index (κ2) is 7.72. The van der Waals surface area contributed by atoms with Crippen LogP contribution in [0.3, 0.4) is 0 Å². The average Bonchev–Trinajstić information content (AvgIpc) is 2.49. The van der Waals surface area contributed by atoms with Crippen molar-refractivity contribution in [2.75, 3.05) is 6.61 Å². The van der Waals surface area contributed by atoms with Crippen LogP contribution in [0.25, 0.3) is 11.4 Å². The van der Waals surface area contributed by atoms with E-state index in [4.69, 9.17) is 4.74 Å². The van der Waals surface area contributed by atoms with Crippen molar-refractivity contribution in [3.8, 4) is 17.1 Å². The highest BCUT2D eigenvalue weighted by molar-refractivity contribution is 5.55. The Balaban J connectivity index is 1.88. The van der Waals surface area contributed by atoms with E-state index in [2.05, 4.69) is 9.97 Å². The molecule has 1 aromatic carbocycles. The van der Waals surface area contributed by atoms with Crippen LogP contribution in [-0.2, 0) is 0 Å². The van der Waals surface area contributed by atoms with E-state index in [9.17, 15) is 4.39 Å². The molecule has 2 rings (SSSR count). The summed E-state index contributed by atoms with van der Waals surface area (Å²) >= 11 is 0. The molecule has 21 heavy (non-hydrogen) atoms. The van der Waals surface area contributed by atoms with Crippen LogP contribution in [0, 0.1) is 6.92 Å². The predicted molar refractivity (Wildman–Crippen MR) is 82.1 cm³/mol. The molecule has 1 aromatic heterocycles. The summed E-state index contributed by atoms with van der Waals surface area (Å²) in [5.74, 6) is 1.24. The van der Waals surface area contributed by atoms with Crippen LogP contribution >= 0.6 is 0 Å². The Labute approximate surface area is 125 Å². The molecule has 112 valence electrons. The van der Waals surface area contributed by atoms with Gasteiger partial charge in [-0.2, -0.15) is 0 Å². The van der Waals surface area contributed by atoms with Crippen molar-refractivity contribution >= 4 is 0 Å². The standard InChI is InChI=1S/C17H21FN2O/c1-3-4-15(18)9-10-21-16-11-19-17(20-12-16)14-7-5-13(2)6-8-14/h5-8,11-12,15H,3-4,9-10H2,1-2H3/t15-/m1/s1. The molecule has 4 heteroatoms. The van der Waals surface area contributed by atoms with Crippen LogP contribution < -0.4 is 4.74 Å². The zero-order chi connectivity index (χ0) is 15.1. The monoisotopic (exact) mass is 288 g/mol. The van der Waals surface area contributed by atoms with Gasteiger partial charge >= 0.3 is 0 Å². The first-order valence-corrected chi connectivity index (χ1v) is 7.35. The number of rotatable bonds is 7. The van der Waals surface area contributed by atoms with E-state index in [-0.39, 0.29) is 0 Å². The molecule has 1 atom stereocenters. The van der Waals surface area contributed by atoms with Gasteiger partial charge in [-0.05, 0) is 13.3 Å². The Kier molecular flexibility index (Phi) is 5.67. The highest BCUT2D eigenvalue weighted by Crippen LogP contribution is 2.17. The maximum Gasteiger partial charge on any atom is 0.159 e. The van der Waals surface area contributed by atoms with E-state index >= 15 is 0 Å². The van der Waals surface area contributed by atoms with Gasteiger partial charge in [0.25, 0.3) is 0 Å². The van der Waals surface area contributed by atoms with Crippen LogP contribution in [0.2, 0.25) is 0 Å². The van der Waals surface area contributed by atoms with Crippen molar-refractivity contribution in [3.05, 3.63) is 42.2 Å². The predicted octanol–water partition coefficient (Wildman–Crippen LogP) is 4.36. The SMILES string of the molecule is CCC[C@@H](F)CCOc1cnc(-c2ccc(C)cc2)nc1. The molecule has 0 N–H and O–H groups in total. The van der Waals surface area contributed by atoms with Crippen LogP contribution in [0.1, 0.15) is 31.7 Å². The number of halogens is 1. The molecule has 0 saturated heterocycles. The number of aromatic nitrogens is 2. The van der Waals surface area contributed by atoms with Gasteiger partial charge < -0.3 is 4.74 Å². The Hall–Kier alpha value is -1.97. The van der Waals surface area contributed by atoms with Crippen molar-refractivity contribution in [2.24, 2.45) is 0 Å². The van der Waals surface area contributed by atoms with Crippen LogP contribution in [0.5, 0.6) is 5.75 Å². The first kappa shape index (κ1) is 15.4. The second-order valence-corrected chi connectivity index (χ2v) is 5.13. The first-order valence-electron chi connectivity index (χ1n) is 7.35.